The summed E-state index contributed by atoms with van der Waals surface area (Å²) in [6.07, 6.45) is 0. The van der Waals surface area contributed by atoms with Crippen molar-refractivity contribution in [3.8, 4) is 73.2 Å². The monoisotopic (exact) mass is 971 g/mol. The molecule has 0 atom stereocenters. The maximum absolute atomic E-state index is 5.41. The molecule has 5 aromatic heterocycles. The molecule has 0 bridgehead atoms. The molecule has 0 fully saturated rings. The summed E-state index contributed by atoms with van der Waals surface area (Å²) in [5.74, 6) is 1.84. The highest BCUT2D eigenvalue weighted by atomic mass is 32.1. The lowest BCUT2D eigenvalue weighted by atomic mass is 9.95. The molecular formula is C69H41N5S. The summed E-state index contributed by atoms with van der Waals surface area (Å²) in [5, 5.41) is 9.99. The third-order valence-electron chi connectivity index (χ3n) is 15.3. The highest BCUT2D eigenvalue weighted by Crippen LogP contribution is 2.48. The number of hydrogen-bond donors (Lipinski definition) is 0. The van der Waals surface area contributed by atoms with Crippen molar-refractivity contribution < 1.29 is 0 Å². The maximum atomic E-state index is 5.41. The van der Waals surface area contributed by atoms with Gasteiger partial charge in [-0.3, -0.25) is 0 Å². The average molecular weight is 972 g/mol. The molecule has 0 aliphatic rings. The standard InChI is InChI=1S/C69H41N5S/c1-3-16-42(17-4-1)43-34-36-44(37-35-43)67-70-68(72-69(71-67)56-29-14-32-59-62(56)55-25-8-10-31-58(55)73(59)49-22-5-2-6-23-49)48-21-12-19-46(41-48)45-18-11-20-47(40-45)50-26-13-28-53-52-27-15-33-60-63(52)64-61(75-60)39-38-54-51-24-7-9-30-57(51)74(65(50)53)66(54)64/h1-41H. The fourth-order valence-corrected chi connectivity index (χ4v) is 13.1. The topological polar surface area (TPSA) is 48.0 Å². The zero-order chi connectivity index (χ0) is 49.1. The van der Waals surface area contributed by atoms with Gasteiger partial charge in [-0.25, -0.2) is 15.0 Å². The fourth-order valence-electron chi connectivity index (χ4n) is 12.0. The number of benzene rings is 11. The van der Waals surface area contributed by atoms with Crippen LogP contribution < -0.4 is 0 Å². The predicted molar refractivity (Wildman–Crippen MR) is 314 cm³/mol. The van der Waals surface area contributed by atoms with Crippen LogP contribution in [0, 0.1) is 0 Å². The zero-order valence-corrected chi connectivity index (χ0v) is 41.1. The Morgan fingerprint density at radius 1 is 0.280 bits per heavy atom. The maximum Gasteiger partial charge on any atom is 0.164 e. The molecular weight excluding hydrogens is 931 g/mol. The number of rotatable bonds is 7. The van der Waals surface area contributed by atoms with Gasteiger partial charge in [0, 0.05) is 75.0 Å². The largest absolute Gasteiger partial charge is 0.309 e. The van der Waals surface area contributed by atoms with Crippen molar-refractivity contribution in [3.63, 3.8) is 0 Å². The van der Waals surface area contributed by atoms with E-state index >= 15 is 0 Å². The molecule has 16 rings (SSSR count). The molecule has 0 radical (unpaired) electrons. The molecule has 0 N–H and O–H groups in total. The third kappa shape index (κ3) is 6.40. The highest BCUT2D eigenvalue weighted by molar-refractivity contribution is 7.26. The first-order valence-electron chi connectivity index (χ1n) is 25.4. The van der Waals surface area contributed by atoms with Gasteiger partial charge in [0.2, 0.25) is 0 Å². The van der Waals surface area contributed by atoms with Crippen LogP contribution in [0.2, 0.25) is 0 Å². The molecule has 348 valence electrons. The van der Waals surface area contributed by atoms with Gasteiger partial charge in [-0.1, -0.05) is 194 Å². The normalized spacial score (nSPS) is 12.0. The quantitative estimate of drug-likeness (QED) is 0.160. The lowest BCUT2D eigenvalue weighted by Crippen LogP contribution is -2.01. The van der Waals surface area contributed by atoms with E-state index in [1.807, 2.05) is 17.4 Å². The van der Waals surface area contributed by atoms with E-state index in [1.54, 1.807) is 0 Å². The van der Waals surface area contributed by atoms with Crippen LogP contribution in [0.3, 0.4) is 0 Å². The number of hydrogen-bond acceptors (Lipinski definition) is 4. The minimum absolute atomic E-state index is 0.608. The molecule has 0 saturated heterocycles. The lowest BCUT2D eigenvalue weighted by molar-refractivity contribution is 1.08. The van der Waals surface area contributed by atoms with Gasteiger partial charge in [0.25, 0.3) is 0 Å². The predicted octanol–water partition coefficient (Wildman–Crippen LogP) is 18.5. The fraction of sp³-hybridized carbons (Fsp3) is 0. The van der Waals surface area contributed by atoms with E-state index in [9.17, 15) is 0 Å². The summed E-state index contributed by atoms with van der Waals surface area (Å²) in [5.41, 5.74) is 16.6. The van der Waals surface area contributed by atoms with Crippen molar-refractivity contribution in [2.24, 2.45) is 0 Å². The van der Waals surface area contributed by atoms with Crippen molar-refractivity contribution in [2.45, 2.75) is 0 Å². The summed E-state index contributed by atoms with van der Waals surface area (Å²) >= 11 is 1.89. The van der Waals surface area contributed by atoms with Gasteiger partial charge in [0.05, 0.1) is 27.6 Å². The second kappa shape index (κ2) is 16.4. The van der Waals surface area contributed by atoms with Crippen molar-refractivity contribution in [1.29, 1.82) is 0 Å². The summed E-state index contributed by atoms with van der Waals surface area (Å²) < 4.78 is 7.53. The van der Waals surface area contributed by atoms with Gasteiger partial charge in [-0.05, 0) is 87.8 Å². The van der Waals surface area contributed by atoms with Crippen LogP contribution in [0.15, 0.2) is 249 Å². The molecule has 0 spiro atoms. The van der Waals surface area contributed by atoms with E-state index in [-0.39, 0.29) is 0 Å². The van der Waals surface area contributed by atoms with Crippen LogP contribution in [0.5, 0.6) is 0 Å². The first-order chi connectivity index (χ1) is 37.2. The first-order valence-corrected chi connectivity index (χ1v) is 26.2. The van der Waals surface area contributed by atoms with E-state index < -0.39 is 0 Å². The molecule has 5 heterocycles. The van der Waals surface area contributed by atoms with Crippen molar-refractivity contribution in [3.05, 3.63) is 249 Å². The van der Waals surface area contributed by atoms with E-state index in [4.69, 9.17) is 15.0 Å². The third-order valence-corrected chi connectivity index (χ3v) is 16.4. The number of nitrogens with zero attached hydrogens (tertiary/aromatic N) is 5. The summed E-state index contributed by atoms with van der Waals surface area (Å²) in [4.78, 5) is 16.1. The molecule has 0 aliphatic carbocycles. The van der Waals surface area contributed by atoms with Crippen LogP contribution >= 0.6 is 11.3 Å². The molecule has 5 nitrogen and oxygen atoms in total. The molecule has 75 heavy (non-hydrogen) atoms. The minimum atomic E-state index is 0.608. The van der Waals surface area contributed by atoms with Gasteiger partial charge < -0.3 is 8.97 Å². The Balaban J connectivity index is 0.878. The molecule has 0 unspecified atom stereocenters. The minimum Gasteiger partial charge on any atom is -0.309 e. The first kappa shape index (κ1) is 41.8. The smallest absolute Gasteiger partial charge is 0.164 e. The van der Waals surface area contributed by atoms with Crippen LogP contribution in [-0.4, -0.2) is 23.9 Å². The molecule has 0 aliphatic heterocycles. The summed E-state index contributed by atoms with van der Waals surface area (Å²) in [6, 6.07) is 89.6. The van der Waals surface area contributed by atoms with Gasteiger partial charge in [-0.2, -0.15) is 0 Å². The Kier molecular flexibility index (Phi) is 9.14. The van der Waals surface area contributed by atoms with E-state index in [1.165, 1.54) is 63.8 Å². The van der Waals surface area contributed by atoms with Crippen molar-refractivity contribution in [2.75, 3.05) is 0 Å². The molecule has 6 heteroatoms. The van der Waals surface area contributed by atoms with E-state index in [0.29, 0.717) is 17.5 Å². The van der Waals surface area contributed by atoms with Crippen LogP contribution in [0.1, 0.15) is 0 Å². The average Bonchev–Trinajstić information content (AvgIpc) is 4.24. The van der Waals surface area contributed by atoms with Crippen LogP contribution in [0.4, 0.5) is 0 Å². The summed E-state index contributed by atoms with van der Waals surface area (Å²) in [6.45, 7) is 0. The number of aromatic nitrogens is 5. The highest BCUT2D eigenvalue weighted by Gasteiger charge is 2.23. The second-order valence-electron chi connectivity index (χ2n) is 19.5. The van der Waals surface area contributed by atoms with Crippen LogP contribution in [-0.2, 0) is 0 Å². The van der Waals surface area contributed by atoms with E-state index in [2.05, 4.69) is 252 Å². The Hall–Kier alpha value is -9.75. The van der Waals surface area contributed by atoms with Crippen LogP contribution in [0.25, 0.3) is 153 Å². The van der Waals surface area contributed by atoms with Gasteiger partial charge in [-0.15, -0.1) is 11.3 Å². The molecule has 0 saturated carbocycles. The Bertz CT molecular complexity index is 4930. The zero-order valence-electron chi connectivity index (χ0n) is 40.3. The van der Waals surface area contributed by atoms with Gasteiger partial charge in [0.1, 0.15) is 0 Å². The van der Waals surface area contributed by atoms with Gasteiger partial charge >= 0.3 is 0 Å². The molecule has 16 aromatic rings. The Morgan fingerprint density at radius 3 is 1.64 bits per heavy atom. The van der Waals surface area contributed by atoms with Crippen molar-refractivity contribution in [1.82, 2.24) is 23.9 Å². The van der Waals surface area contributed by atoms with Gasteiger partial charge in [0.15, 0.2) is 17.5 Å². The van der Waals surface area contributed by atoms with E-state index in [0.717, 1.165) is 72.0 Å². The molecule has 11 aromatic carbocycles. The Morgan fingerprint density at radius 2 is 0.813 bits per heavy atom. The number of para-hydroxylation sites is 4. The van der Waals surface area contributed by atoms with Crippen molar-refractivity contribution >= 4 is 91.4 Å². The summed E-state index contributed by atoms with van der Waals surface area (Å²) in [7, 11) is 0. The SMILES string of the molecule is c1ccc(-c2ccc(-c3nc(-c4cccc(-c5cccc(-c6cccc7c8cccc9sc%10ccc%11c%12ccccc%12n(c67)c%11c%10c98)c5)c4)nc(-c4cccc5c4c4ccccc4n5-c4ccccc4)n3)cc2)cc1. The lowest BCUT2D eigenvalue weighted by Gasteiger charge is -2.13. The second-order valence-corrected chi connectivity index (χ2v) is 20.6. The number of fused-ring (bicyclic) bond motifs is 9. The number of thiophene rings is 1. The molecule has 0 amide bonds. The Labute approximate surface area is 434 Å².